The standard InChI is InChI=1S/C6H11BClFO2/c8-5-2-1-4(7(10)11)3-6(5)9/h4-6,10-11H,1-3H2. The number of hydrogen-bond donors (Lipinski definition) is 2. The lowest BCUT2D eigenvalue weighted by molar-refractivity contribution is 0.236. The van der Waals surface area contributed by atoms with Crippen LogP contribution in [0.2, 0.25) is 5.82 Å². The van der Waals surface area contributed by atoms with Gasteiger partial charge in [0.1, 0.15) is 6.17 Å². The molecule has 1 aliphatic carbocycles. The molecule has 0 bridgehead atoms. The van der Waals surface area contributed by atoms with Gasteiger partial charge in [-0.15, -0.1) is 11.6 Å². The number of alkyl halides is 2. The molecule has 3 unspecified atom stereocenters. The van der Waals surface area contributed by atoms with E-state index in [1.807, 2.05) is 0 Å². The van der Waals surface area contributed by atoms with E-state index in [1.54, 1.807) is 0 Å². The minimum atomic E-state index is -1.39. The van der Waals surface area contributed by atoms with Crippen molar-refractivity contribution in [2.45, 2.75) is 36.6 Å². The van der Waals surface area contributed by atoms with Crippen molar-refractivity contribution in [3.63, 3.8) is 0 Å². The molecule has 3 atom stereocenters. The van der Waals surface area contributed by atoms with Crippen LogP contribution in [0.1, 0.15) is 19.3 Å². The van der Waals surface area contributed by atoms with Gasteiger partial charge in [0.15, 0.2) is 0 Å². The van der Waals surface area contributed by atoms with E-state index < -0.39 is 18.7 Å². The summed E-state index contributed by atoms with van der Waals surface area (Å²) < 4.78 is 12.8. The van der Waals surface area contributed by atoms with Gasteiger partial charge in [-0.2, -0.15) is 0 Å². The first-order chi connectivity index (χ1) is 5.11. The third kappa shape index (κ3) is 2.32. The molecule has 1 rings (SSSR count). The molecule has 2 nitrogen and oxygen atoms in total. The summed E-state index contributed by atoms with van der Waals surface area (Å²) in [5.41, 5.74) is 0. The molecule has 0 aromatic heterocycles. The zero-order valence-corrected chi connectivity index (χ0v) is 6.84. The van der Waals surface area contributed by atoms with Gasteiger partial charge >= 0.3 is 7.12 Å². The van der Waals surface area contributed by atoms with Crippen molar-refractivity contribution >= 4 is 18.7 Å². The highest BCUT2D eigenvalue weighted by Crippen LogP contribution is 2.34. The molecular formula is C6H11BClFO2. The summed E-state index contributed by atoms with van der Waals surface area (Å²) in [6.45, 7) is 0. The monoisotopic (exact) mass is 180 g/mol. The highest BCUT2D eigenvalue weighted by atomic mass is 35.5. The van der Waals surface area contributed by atoms with E-state index in [2.05, 4.69) is 0 Å². The molecule has 1 aliphatic rings. The van der Waals surface area contributed by atoms with Crippen molar-refractivity contribution in [2.75, 3.05) is 0 Å². The molecule has 64 valence electrons. The summed E-state index contributed by atoms with van der Waals surface area (Å²) in [6.07, 6.45) is 0.223. The molecule has 5 heteroatoms. The minimum absolute atomic E-state index is 0.172. The van der Waals surface area contributed by atoms with Crippen molar-refractivity contribution < 1.29 is 14.4 Å². The Morgan fingerprint density at radius 2 is 2.00 bits per heavy atom. The largest absolute Gasteiger partial charge is 0.454 e. The van der Waals surface area contributed by atoms with E-state index in [9.17, 15) is 4.39 Å². The average Bonchev–Trinajstić information content (AvgIpc) is 1.94. The summed E-state index contributed by atoms with van der Waals surface area (Å²) in [5, 5.41) is 17.0. The van der Waals surface area contributed by atoms with Gasteiger partial charge in [-0.1, -0.05) is 6.42 Å². The molecule has 0 heterocycles. The second-order valence-electron chi connectivity index (χ2n) is 3.02. The van der Waals surface area contributed by atoms with Gasteiger partial charge in [0.25, 0.3) is 0 Å². The van der Waals surface area contributed by atoms with Gasteiger partial charge in [-0.25, -0.2) is 4.39 Å². The molecule has 0 radical (unpaired) electrons. The first kappa shape index (κ1) is 9.29. The van der Waals surface area contributed by atoms with Gasteiger partial charge < -0.3 is 10.0 Å². The van der Waals surface area contributed by atoms with Crippen molar-refractivity contribution in [1.29, 1.82) is 0 Å². The lowest BCUT2D eigenvalue weighted by Crippen LogP contribution is -2.32. The van der Waals surface area contributed by atoms with Gasteiger partial charge in [-0.05, 0) is 18.7 Å². The van der Waals surface area contributed by atoms with Crippen LogP contribution in [0.5, 0.6) is 0 Å². The van der Waals surface area contributed by atoms with Crippen LogP contribution in [0, 0.1) is 0 Å². The summed E-state index contributed by atoms with van der Waals surface area (Å²) in [7, 11) is -1.39. The predicted octanol–water partition coefficient (Wildman–Crippen LogP) is 0.959. The lowest BCUT2D eigenvalue weighted by atomic mass is 9.65. The summed E-state index contributed by atoms with van der Waals surface area (Å²) >= 11 is 5.60. The maximum Gasteiger partial charge on any atom is 0.454 e. The third-order valence-corrected chi connectivity index (χ3v) is 2.65. The second-order valence-corrected chi connectivity index (χ2v) is 3.58. The van der Waals surface area contributed by atoms with E-state index in [1.165, 1.54) is 0 Å². The van der Waals surface area contributed by atoms with Crippen LogP contribution < -0.4 is 0 Å². The number of halogens is 2. The molecule has 1 fully saturated rings. The van der Waals surface area contributed by atoms with E-state index in [0.29, 0.717) is 12.8 Å². The molecule has 0 amide bonds. The smallest absolute Gasteiger partial charge is 0.427 e. The number of rotatable bonds is 1. The quantitative estimate of drug-likeness (QED) is 0.466. The topological polar surface area (TPSA) is 40.5 Å². The first-order valence-corrected chi connectivity index (χ1v) is 4.19. The Labute approximate surface area is 70.5 Å². The maximum atomic E-state index is 12.8. The fourth-order valence-electron chi connectivity index (χ4n) is 1.38. The molecular weight excluding hydrogens is 169 g/mol. The van der Waals surface area contributed by atoms with Crippen LogP contribution in [-0.2, 0) is 0 Å². The van der Waals surface area contributed by atoms with E-state index in [4.69, 9.17) is 21.6 Å². The van der Waals surface area contributed by atoms with Crippen LogP contribution >= 0.6 is 11.6 Å². The van der Waals surface area contributed by atoms with Crippen LogP contribution in [0.15, 0.2) is 0 Å². The molecule has 2 N–H and O–H groups in total. The van der Waals surface area contributed by atoms with Crippen LogP contribution in [-0.4, -0.2) is 28.7 Å². The molecule has 0 aliphatic heterocycles. The Morgan fingerprint density at radius 3 is 2.45 bits per heavy atom. The Bertz CT molecular complexity index is 136. The van der Waals surface area contributed by atoms with E-state index >= 15 is 0 Å². The fourth-order valence-corrected chi connectivity index (χ4v) is 1.61. The normalized spacial score (nSPS) is 38.7. The molecule has 1 saturated carbocycles. The molecule has 0 aromatic rings. The molecule has 11 heavy (non-hydrogen) atoms. The Balaban J connectivity index is 2.40. The zero-order valence-electron chi connectivity index (χ0n) is 6.08. The van der Waals surface area contributed by atoms with Gasteiger partial charge in [0.2, 0.25) is 0 Å². The van der Waals surface area contributed by atoms with Gasteiger partial charge in [0, 0.05) is 0 Å². The van der Waals surface area contributed by atoms with Crippen LogP contribution in [0.3, 0.4) is 0 Å². The van der Waals surface area contributed by atoms with Gasteiger partial charge in [-0.3, -0.25) is 0 Å². The van der Waals surface area contributed by atoms with Crippen LogP contribution in [0.4, 0.5) is 4.39 Å². The summed E-state index contributed by atoms with van der Waals surface area (Å²) in [6, 6.07) is 0. The zero-order chi connectivity index (χ0) is 8.43. The minimum Gasteiger partial charge on any atom is -0.427 e. The van der Waals surface area contributed by atoms with Crippen molar-refractivity contribution in [1.82, 2.24) is 0 Å². The Hall–Kier alpha value is 0.205. The molecule has 0 saturated heterocycles. The highest BCUT2D eigenvalue weighted by Gasteiger charge is 2.34. The van der Waals surface area contributed by atoms with Crippen molar-refractivity contribution in [2.24, 2.45) is 0 Å². The first-order valence-electron chi connectivity index (χ1n) is 3.75. The van der Waals surface area contributed by atoms with Crippen LogP contribution in [0.25, 0.3) is 0 Å². The van der Waals surface area contributed by atoms with Crippen molar-refractivity contribution in [3.05, 3.63) is 0 Å². The molecule has 0 spiro atoms. The predicted molar refractivity (Wildman–Crippen MR) is 42.3 cm³/mol. The molecule has 0 aromatic carbocycles. The lowest BCUT2D eigenvalue weighted by Gasteiger charge is -2.27. The maximum absolute atomic E-state index is 12.8. The summed E-state index contributed by atoms with van der Waals surface area (Å²) in [5.74, 6) is -0.333. The SMILES string of the molecule is OB(O)C1CCC(Cl)C(F)C1. The van der Waals surface area contributed by atoms with E-state index in [0.717, 1.165) is 0 Å². The Kier molecular flexibility index (Phi) is 3.16. The fraction of sp³-hybridized carbons (Fsp3) is 1.00. The van der Waals surface area contributed by atoms with E-state index in [-0.39, 0.29) is 12.2 Å². The number of hydrogen-bond acceptors (Lipinski definition) is 2. The second kappa shape index (κ2) is 3.74. The highest BCUT2D eigenvalue weighted by molar-refractivity contribution is 6.43. The summed E-state index contributed by atoms with van der Waals surface area (Å²) in [4.78, 5) is 0. The Morgan fingerprint density at radius 1 is 1.36 bits per heavy atom. The van der Waals surface area contributed by atoms with Gasteiger partial charge in [0.05, 0.1) is 5.38 Å². The van der Waals surface area contributed by atoms with Crippen molar-refractivity contribution in [3.8, 4) is 0 Å². The third-order valence-electron chi connectivity index (χ3n) is 2.16. The average molecular weight is 180 g/mol.